The number of carbonyl (C=O) groups is 2. The molecule has 0 radical (unpaired) electrons. The molecule has 3 rings (SSSR count). The summed E-state index contributed by atoms with van der Waals surface area (Å²) in [5.74, 6) is 0. The fourth-order valence-electron chi connectivity index (χ4n) is 3.66. The van der Waals surface area contributed by atoms with Gasteiger partial charge in [-0.3, -0.25) is 0 Å². The second-order valence-electron chi connectivity index (χ2n) is 6.77. The van der Waals surface area contributed by atoms with Gasteiger partial charge >= 0.3 is 12.1 Å². The van der Waals surface area contributed by atoms with Crippen molar-refractivity contribution in [1.29, 1.82) is 0 Å². The first-order chi connectivity index (χ1) is 12.2. The van der Waals surface area contributed by atoms with E-state index in [1.165, 1.54) is 6.42 Å². The maximum Gasteiger partial charge on any atom is 0.407 e. The lowest BCUT2D eigenvalue weighted by Crippen LogP contribution is -2.48. The molecule has 3 N–H and O–H groups in total. The van der Waals surface area contributed by atoms with Crippen LogP contribution in [0.3, 0.4) is 0 Å². The molecule has 0 aromatic rings. The molecule has 2 heterocycles. The summed E-state index contributed by atoms with van der Waals surface area (Å²) in [6, 6.07) is -0.353. The Morgan fingerprint density at radius 1 is 1.08 bits per heavy atom. The van der Waals surface area contributed by atoms with Crippen molar-refractivity contribution in [2.24, 2.45) is 0 Å². The number of rotatable bonds is 5. The summed E-state index contributed by atoms with van der Waals surface area (Å²) < 4.78 is 16.9. The van der Waals surface area contributed by atoms with E-state index in [4.69, 9.17) is 14.2 Å². The first-order valence-electron chi connectivity index (χ1n) is 9.03. The van der Waals surface area contributed by atoms with Crippen LogP contribution in [-0.4, -0.2) is 62.3 Å². The normalized spacial score (nSPS) is 31.8. The van der Waals surface area contributed by atoms with Gasteiger partial charge < -0.3 is 30.2 Å². The molecule has 2 aliphatic heterocycles. The third kappa shape index (κ3) is 4.64. The Bertz CT molecular complexity index is 495. The lowest BCUT2D eigenvalue weighted by molar-refractivity contribution is 0.00269. The molecular weight excluding hydrogens is 326 g/mol. The smallest absolute Gasteiger partial charge is 0.407 e. The van der Waals surface area contributed by atoms with E-state index < -0.39 is 12.2 Å². The van der Waals surface area contributed by atoms with Crippen molar-refractivity contribution in [3.63, 3.8) is 0 Å². The number of hydrogen-bond donors (Lipinski definition) is 3. The predicted molar refractivity (Wildman–Crippen MR) is 90.3 cm³/mol. The van der Waals surface area contributed by atoms with Crippen LogP contribution < -0.4 is 16.0 Å². The van der Waals surface area contributed by atoms with Crippen molar-refractivity contribution in [2.75, 3.05) is 19.8 Å². The van der Waals surface area contributed by atoms with Crippen LogP contribution in [0.25, 0.3) is 0 Å². The van der Waals surface area contributed by atoms with Gasteiger partial charge in [-0.1, -0.05) is 25.3 Å². The number of ether oxygens (including phenoxy) is 3. The van der Waals surface area contributed by atoms with Gasteiger partial charge in [0.05, 0.1) is 19.3 Å². The van der Waals surface area contributed by atoms with Crippen molar-refractivity contribution in [1.82, 2.24) is 16.0 Å². The minimum absolute atomic E-state index is 0.201. The van der Waals surface area contributed by atoms with E-state index in [1.54, 1.807) is 6.08 Å². The van der Waals surface area contributed by atoms with Gasteiger partial charge in [0.1, 0.15) is 12.2 Å². The standard InChI is InChI=1S/C17H27N3O5/c1-2-8-18-16(21)20-12-9-23-15-13(10-24-14(12)15)25-17(22)19-11-6-4-3-5-7-11/h2,11-15H,1,3-10H2,(H,19,22)(H2,18,20,21). The topological polar surface area (TPSA) is 97.9 Å². The van der Waals surface area contributed by atoms with Crippen LogP contribution in [0.4, 0.5) is 9.59 Å². The van der Waals surface area contributed by atoms with Crippen LogP contribution in [0.1, 0.15) is 32.1 Å². The van der Waals surface area contributed by atoms with E-state index >= 15 is 0 Å². The predicted octanol–water partition coefficient (Wildman–Crippen LogP) is 1.07. The second-order valence-corrected chi connectivity index (χ2v) is 6.77. The first-order valence-corrected chi connectivity index (χ1v) is 9.03. The minimum atomic E-state index is -0.448. The quantitative estimate of drug-likeness (QED) is 0.642. The fourth-order valence-corrected chi connectivity index (χ4v) is 3.66. The van der Waals surface area contributed by atoms with Crippen molar-refractivity contribution in [2.45, 2.75) is 62.5 Å². The molecule has 4 unspecified atom stereocenters. The molecule has 1 aliphatic carbocycles. The molecule has 3 aliphatic rings. The number of hydrogen-bond acceptors (Lipinski definition) is 5. The van der Waals surface area contributed by atoms with Crippen molar-refractivity contribution in [3.05, 3.63) is 12.7 Å². The molecule has 8 heteroatoms. The summed E-state index contributed by atoms with van der Waals surface area (Å²) in [5, 5.41) is 8.40. The molecule has 25 heavy (non-hydrogen) atoms. The zero-order chi connectivity index (χ0) is 17.6. The van der Waals surface area contributed by atoms with Gasteiger partial charge in [-0.05, 0) is 12.8 Å². The highest BCUT2D eigenvalue weighted by Crippen LogP contribution is 2.29. The summed E-state index contributed by atoms with van der Waals surface area (Å²) in [7, 11) is 0. The molecular formula is C17H27N3O5. The lowest BCUT2D eigenvalue weighted by atomic mass is 9.96. The van der Waals surface area contributed by atoms with Crippen molar-refractivity contribution < 1.29 is 23.8 Å². The molecule has 4 atom stereocenters. The summed E-state index contributed by atoms with van der Waals surface area (Å²) in [4.78, 5) is 23.9. The van der Waals surface area contributed by atoms with E-state index in [9.17, 15) is 9.59 Å². The third-order valence-corrected chi connectivity index (χ3v) is 4.92. The number of fused-ring (bicyclic) bond motifs is 1. The molecule has 3 fully saturated rings. The zero-order valence-electron chi connectivity index (χ0n) is 14.4. The van der Waals surface area contributed by atoms with E-state index in [0.717, 1.165) is 25.7 Å². The SMILES string of the molecule is C=CCNC(=O)NC1COC2C(OC(=O)NC3CCCCC3)COC12. The van der Waals surface area contributed by atoms with E-state index in [-0.39, 0.29) is 36.9 Å². The highest BCUT2D eigenvalue weighted by Gasteiger charge is 2.50. The Morgan fingerprint density at radius 2 is 1.84 bits per heavy atom. The highest BCUT2D eigenvalue weighted by atomic mass is 16.6. The molecule has 140 valence electrons. The van der Waals surface area contributed by atoms with Crippen molar-refractivity contribution in [3.8, 4) is 0 Å². The highest BCUT2D eigenvalue weighted by molar-refractivity contribution is 5.74. The monoisotopic (exact) mass is 353 g/mol. The minimum Gasteiger partial charge on any atom is -0.441 e. The second kappa shape index (κ2) is 8.53. The van der Waals surface area contributed by atoms with Gasteiger partial charge in [-0.15, -0.1) is 6.58 Å². The van der Waals surface area contributed by atoms with E-state index in [0.29, 0.717) is 13.2 Å². The zero-order valence-corrected chi connectivity index (χ0v) is 14.4. The van der Waals surface area contributed by atoms with Crippen molar-refractivity contribution >= 4 is 12.1 Å². The first kappa shape index (κ1) is 18.0. The lowest BCUT2D eigenvalue weighted by Gasteiger charge is -2.24. The van der Waals surface area contributed by atoms with Gasteiger partial charge in [0, 0.05) is 12.6 Å². The Hall–Kier alpha value is -1.80. The molecule has 0 spiro atoms. The Kier molecular flexibility index (Phi) is 6.14. The fraction of sp³-hybridized carbons (Fsp3) is 0.765. The van der Waals surface area contributed by atoms with E-state index in [1.807, 2.05) is 0 Å². The third-order valence-electron chi connectivity index (χ3n) is 4.92. The van der Waals surface area contributed by atoms with Gasteiger partial charge in [-0.25, -0.2) is 9.59 Å². The molecule has 3 amide bonds. The van der Waals surface area contributed by atoms with Gasteiger partial charge in [0.15, 0.2) is 6.10 Å². The maximum atomic E-state index is 12.1. The van der Waals surface area contributed by atoms with E-state index in [2.05, 4.69) is 22.5 Å². The number of carbonyl (C=O) groups excluding carboxylic acids is 2. The maximum absolute atomic E-state index is 12.1. The van der Waals surface area contributed by atoms with Gasteiger partial charge in [-0.2, -0.15) is 0 Å². The molecule has 2 saturated heterocycles. The summed E-state index contributed by atoms with van der Waals surface area (Å²) in [5.41, 5.74) is 0. The number of nitrogens with one attached hydrogen (secondary N) is 3. The largest absolute Gasteiger partial charge is 0.441 e. The Balaban J connectivity index is 1.44. The van der Waals surface area contributed by atoms with Crippen LogP contribution in [0, 0.1) is 0 Å². The van der Waals surface area contributed by atoms with Crippen LogP contribution in [0.15, 0.2) is 12.7 Å². The molecule has 0 aromatic heterocycles. The van der Waals surface area contributed by atoms with Crippen LogP contribution in [-0.2, 0) is 14.2 Å². The average Bonchev–Trinajstić information content (AvgIpc) is 3.18. The van der Waals surface area contributed by atoms with Crippen LogP contribution >= 0.6 is 0 Å². The van der Waals surface area contributed by atoms with Gasteiger partial charge in [0.25, 0.3) is 0 Å². The number of urea groups is 1. The number of alkyl carbamates (subject to hydrolysis) is 1. The Morgan fingerprint density at radius 3 is 2.60 bits per heavy atom. The summed E-state index contributed by atoms with van der Waals surface area (Å²) >= 11 is 0. The molecule has 8 nitrogen and oxygen atoms in total. The van der Waals surface area contributed by atoms with Crippen LogP contribution in [0.5, 0.6) is 0 Å². The average molecular weight is 353 g/mol. The summed E-state index contributed by atoms with van der Waals surface area (Å²) in [6.45, 7) is 4.55. The van der Waals surface area contributed by atoms with Crippen LogP contribution in [0.2, 0.25) is 0 Å². The molecule has 0 aromatic carbocycles. The number of amides is 3. The Labute approximate surface area is 147 Å². The molecule has 1 saturated carbocycles. The molecule has 0 bridgehead atoms. The summed E-state index contributed by atoms with van der Waals surface area (Å²) in [6.07, 6.45) is 5.63. The van der Waals surface area contributed by atoms with Gasteiger partial charge in [0.2, 0.25) is 0 Å².